The summed E-state index contributed by atoms with van der Waals surface area (Å²) in [4.78, 5) is 12.8. The maximum atomic E-state index is 12.7. The molecule has 4 rings (SSSR count). The van der Waals surface area contributed by atoms with Crippen molar-refractivity contribution in [1.82, 2.24) is 0 Å². The molecule has 2 aromatic carbocycles. The van der Waals surface area contributed by atoms with Crippen molar-refractivity contribution < 1.29 is 13.2 Å². The second kappa shape index (κ2) is 7.68. The fourth-order valence-corrected chi connectivity index (χ4v) is 5.56. The summed E-state index contributed by atoms with van der Waals surface area (Å²) in [7, 11) is -3.68. The van der Waals surface area contributed by atoms with Gasteiger partial charge in [0.2, 0.25) is 5.91 Å². The molecular formula is C22H26N2O3S. The van der Waals surface area contributed by atoms with E-state index >= 15 is 0 Å². The maximum Gasteiger partial charge on any atom is 0.239 e. The maximum absolute atomic E-state index is 12.7. The lowest BCUT2D eigenvalue weighted by molar-refractivity contribution is -0.113. The summed E-state index contributed by atoms with van der Waals surface area (Å²) in [6.07, 6.45) is 6.87. The molecule has 0 spiro atoms. The SMILES string of the molecule is NCCc1ccc(S(=O)(=O)CC(=O)Nc2c3c(cc4c2CCC4)CCC3)cc1. The van der Waals surface area contributed by atoms with Crippen LogP contribution in [0.2, 0.25) is 0 Å². The fraction of sp³-hybridized carbons (Fsp3) is 0.409. The van der Waals surface area contributed by atoms with E-state index in [1.54, 1.807) is 24.3 Å². The number of carbonyl (C=O) groups excluding carboxylic acids is 1. The number of rotatable bonds is 6. The number of nitrogens with two attached hydrogens (primary N) is 1. The van der Waals surface area contributed by atoms with E-state index in [1.165, 1.54) is 22.3 Å². The summed E-state index contributed by atoms with van der Waals surface area (Å²) in [6, 6.07) is 8.93. The van der Waals surface area contributed by atoms with E-state index in [0.29, 0.717) is 13.0 Å². The molecule has 0 atom stereocenters. The molecule has 2 aliphatic carbocycles. The largest absolute Gasteiger partial charge is 0.330 e. The zero-order valence-corrected chi connectivity index (χ0v) is 16.8. The molecule has 1 amide bonds. The highest BCUT2D eigenvalue weighted by Gasteiger charge is 2.26. The van der Waals surface area contributed by atoms with E-state index in [4.69, 9.17) is 5.73 Å². The summed E-state index contributed by atoms with van der Waals surface area (Å²) >= 11 is 0. The predicted molar refractivity (Wildman–Crippen MR) is 110 cm³/mol. The van der Waals surface area contributed by atoms with Gasteiger partial charge in [-0.2, -0.15) is 0 Å². The number of amides is 1. The molecule has 0 saturated heterocycles. The predicted octanol–water partition coefficient (Wildman–Crippen LogP) is 2.58. The topological polar surface area (TPSA) is 89.3 Å². The quantitative estimate of drug-likeness (QED) is 0.783. The minimum atomic E-state index is -3.68. The molecule has 0 heterocycles. The Balaban J connectivity index is 1.54. The molecule has 148 valence electrons. The second-order valence-electron chi connectivity index (χ2n) is 7.72. The van der Waals surface area contributed by atoms with Crippen molar-refractivity contribution in [2.75, 3.05) is 17.6 Å². The van der Waals surface area contributed by atoms with Gasteiger partial charge in [0, 0.05) is 5.69 Å². The van der Waals surface area contributed by atoms with Crippen molar-refractivity contribution in [1.29, 1.82) is 0 Å². The average molecular weight is 399 g/mol. The van der Waals surface area contributed by atoms with Crippen LogP contribution >= 0.6 is 0 Å². The van der Waals surface area contributed by atoms with E-state index in [2.05, 4.69) is 11.4 Å². The van der Waals surface area contributed by atoms with Gasteiger partial charge in [-0.15, -0.1) is 0 Å². The van der Waals surface area contributed by atoms with Gasteiger partial charge < -0.3 is 11.1 Å². The van der Waals surface area contributed by atoms with Gasteiger partial charge in [-0.25, -0.2) is 8.42 Å². The van der Waals surface area contributed by atoms with Crippen molar-refractivity contribution in [3.8, 4) is 0 Å². The molecule has 0 bridgehead atoms. The molecule has 2 aliphatic rings. The number of fused-ring (bicyclic) bond motifs is 2. The van der Waals surface area contributed by atoms with Gasteiger partial charge in [-0.05, 0) is 91.4 Å². The Morgan fingerprint density at radius 3 is 2.14 bits per heavy atom. The van der Waals surface area contributed by atoms with E-state index in [9.17, 15) is 13.2 Å². The summed E-state index contributed by atoms with van der Waals surface area (Å²) in [5, 5.41) is 2.97. The molecule has 0 saturated carbocycles. The van der Waals surface area contributed by atoms with Crippen LogP contribution in [0.4, 0.5) is 5.69 Å². The molecule has 6 heteroatoms. The number of anilines is 1. The van der Waals surface area contributed by atoms with Crippen molar-refractivity contribution in [2.24, 2.45) is 5.73 Å². The smallest absolute Gasteiger partial charge is 0.239 e. The standard InChI is InChI=1S/C22H26N2O3S/c23-12-11-15-7-9-18(10-8-15)28(26,27)14-21(25)24-22-19-5-1-3-16(19)13-17-4-2-6-20(17)22/h7-10,13H,1-6,11-12,14,23H2,(H,24,25). The van der Waals surface area contributed by atoms with Crippen molar-refractivity contribution >= 4 is 21.4 Å². The van der Waals surface area contributed by atoms with E-state index < -0.39 is 21.5 Å². The summed E-state index contributed by atoms with van der Waals surface area (Å²) in [5.41, 5.74) is 12.4. The van der Waals surface area contributed by atoms with Crippen LogP contribution < -0.4 is 11.1 Å². The van der Waals surface area contributed by atoms with Gasteiger partial charge in [0.1, 0.15) is 5.75 Å². The van der Waals surface area contributed by atoms with Crippen LogP contribution in [0.1, 0.15) is 40.7 Å². The van der Waals surface area contributed by atoms with Crippen LogP contribution in [0.25, 0.3) is 0 Å². The first kappa shape index (κ1) is 19.2. The van der Waals surface area contributed by atoms with Crippen LogP contribution in [0.3, 0.4) is 0 Å². The number of hydrogen-bond acceptors (Lipinski definition) is 4. The Kier molecular flexibility index (Phi) is 5.25. The van der Waals surface area contributed by atoms with Gasteiger partial charge >= 0.3 is 0 Å². The summed E-state index contributed by atoms with van der Waals surface area (Å²) in [5.74, 6) is -0.998. The lowest BCUT2D eigenvalue weighted by Crippen LogP contribution is -2.24. The highest BCUT2D eigenvalue weighted by Crippen LogP contribution is 2.38. The zero-order valence-electron chi connectivity index (χ0n) is 16.0. The van der Waals surface area contributed by atoms with Crippen molar-refractivity contribution in [3.63, 3.8) is 0 Å². The number of carbonyl (C=O) groups is 1. The first-order chi connectivity index (χ1) is 13.5. The molecule has 0 fully saturated rings. The molecule has 3 N–H and O–H groups in total. The van der Waals surface area contributed by atoms with Crippen LogP contribution in [0, 0.1) is 0 Å². The zero-order chi connectivity index (χ0) is 19.7. The molecule has 28 heavy (non-hydrogen) atoms. The number of nitrogens with one attached hydrogen (secondary N) is 1. The molecule has 0 radical (unpaired) electrons. The minimum Gasteiger partial charge on any atom is -0.330 e. The molecule has 0 unspecified atom stereocenters. The Morgan fingerprint density at radius 2 is 1.57 bits per heavy atom. The van der Waals surface area contributed by atoms with Crippen LogP contribution in [0.5, 0.6) is 0 Å². The number of benzene rings is 2. The molecule has 0 aliphatic heterocycles. The Hall–Kier alpha value is -2.18. The van der Waals surface area contributed by atoms with Gasteiger partial charge in [0.15, 0.2) is 9.84 Å². The minimum absolute atomic E-state index is 0.173. The van der Waals surface area contributed by atoms with Gasteiger partial charge in [0.25, 0.3) is 0 Å². The number of sulfone groups is 1. The third-order valence-electron chi connectivity index (χ3n) is 5.77. The average Bonchev–Trinajstić information content (AvgIpc) is 3.31. The molecule has 2 aromatic rings. The fourth-order valence-electron chi connectivity index (χ4n) is 4.43. The molecule has 5 nitrogen and oxygen atoms in total. The Bertz CT molecular complexity index is 979. The van der Waals surface area contributed by atoms with E-state index in [0.717, 1.165) is 49.8 Å². The lowest BCUT2D eigenvalue weighted by Gasteiger charge is -2.16. The van der Waals surface area contributed by atoms with E-state index in [1.807, 2.05) is 0 Å². The van der Waals surface area contributed by atoms with Crippen molar-refractivity contribution in [2.45, 2.75) is 49.8 Å². The van der Waals surface area contributed by atoms with Crippen LogP contribution in [-0.4, -0.2) is 26.6 Å². The van der Waals surface area contributed by atoms with Gasteiger partial charge in [-0.3, -0.25) is 4.79 Å². The van der Waals surface area contributed by atoms with Crippen LogP contribution in [-0.2, 0) is 46.7 Å². The summed E-state index contributed by atoms with van der Waals surface area (Å²) < 4.78 is 25.4. The second-order valence-corrected chi connectivity index (χ2v) is 9.71. The van der Waals surface area contributed by atoms with Gasteiger partial charge in [-0.1, -0.05) is 18.2 Å². The monoisotopic (exact) mass is 398 g/mol. The summed E-state index contributed by atoms with van der Waals surface area (Å²) in [6.45, 7) is 0.514. The molecule has 0 aromatic heterocycles. The van der Waals surface area contributed by atoms with Crippen LogP contribution in [0.15, 0.2) is 35.2 Å². The Labute approximate surface area is 166 Å². The number of aryl methyl sites for hydroxylation is 2. The highest BCUT2D eigenvalue weighted by atomic mass is 32.2. The van der Waals surface area contributed by atoms with Gasteiger partial charge in [0.05, 0.1) is 4.90 Å². The highest BCUT2D eigenvalue weighted by molar-refractivity contribution is 7.92. The first-order valence-corrected chi connectivity index (χ1v) is 11.6. The number of hydrogen-bond donors (Lipinski definition) is 2. The third-order valence-corrected chi connectivity index (χ3v) is 7.41. The normalized spacial score (nSPS) is 15.3. The van der Waals surface area contributed by atoms with Crippen molar-refractivity contribution in [3.05, 3.63) is 58.1 Å². The van der Waals surface area contributed by atoms with E-state index in [-0.39, 0.29) is 4.90 Å². The molecular weight excluding hydrogens is 372 g/mol. The lowest BCUT2D eigenvalue weighted by atomic mass is 9.98. The Morgan fingerprint density at radius 1 is 0.964 bits per heavy atom. The third kappa shape index (κ3) is 3.71. The first-order valence-electron chi connectivity index (χ1n) is 9.96.